The molecule has 5 heteroatoms. The summed E-state index contributed by atoms with van der Waals surface area (Å²) in [5, 5.41) is 3.36. The molecule has 2 unspecified atom stereocenters. The highest BCUT2D eigenvalue weighted by Crippen LogP contribution is 2.23. The number of likely N-dealkylation sites (tertiary alicyclic amines) is 1. The molecule has 0 aliphatic carbocycles. The average molecular weight is 357 g/mol. The first-order chi connectivity index (χ1) is 12.6. The van der Waals surface area contributed by atoms with Gasteiger partial charge in [-0.25, -0.2) is 0 Å². The van der Waals surface area contributed by atoms with Gasteiger partial charge in [0.2, 0.25) is 5.91 Å². The molecule has 2 fully saturated rings. The number of benzene rings is 1. The number of rotatable bonds is 5. The van der Waals surface area contributed by atoms with Crippen molar-refractivity contribution in [2.24, 2.45) is 5.92 Å². The van der Waals surface area contributed by atoms with Crippen LogP contribution < -0.4 is 5.32 Å². The summed E-state index contributed by atoms with van der Waals surface area (Å²) in [5.41, 5.74) is 1.86. The molecule has 2 atom stereocenters. The maximum atomic E-state index is 13.2. The minimum Gasteiger partial charge on any atom is -0.338 e. The first kappa shape index (κ1) is 18.9. The van der Waals surface area contributed by atoms with Gasteiger partial charge in [-0.05, 0) is 51.3 Å². The zero-order valence-electron chi connectivity index (χ0n) is 16.0. The van der Waals surface area contributed by atoms with E-state index < -0.39 is 0 Å². The van der Waals surface area contributed by atoms with E-state index in [0.717, 1.165) is 57.4 Å². The molecule has 0 aromatic heterocycles. The van der Waals surface area contributed by atoms with E-state index in [1.807, 2.05) is 36.1 Å². The predicted molar refractivity (Wildman–Crippen MR) is 103 cm³/mol. The first-order valence-electron chi connectivity index (χ1n) is 9.97. The Morgan fingerprint density at radius 1 is 1.23 bits per heavy atom. The van der Waals surface area contributed by atoms with Crippen LogP contribution in [0, 0.1) is 12.8 Å². The van der Waals surface area contributed by atoms with E-state index in [4.69, 9.17) is 0 Å². The molecular weight excluding hydrogens is 326 g/mol. The van der Waals surface area contributed by atoms with Gasteiger partial charge in [0.1, 0.15) is 0 Å². The van der Waals surface area contributed by atoms with Crippen molar-refractivity contribution in [3.05, 3.63) is 35.4 Å². The standard InChI is InChI=1S/C21H31N3O2/c1-3-12-24(19-10-11-22-14-19)21(26)18-5-4-13-23(15-18)20(25)17-8-6-16(2)7-9-17/h6-9,18-19,22H,3-5,10-15H2,1-2H3. The summed E-state index contributed by atoms with van der Waals surface area (Å²) in [4.78, 5) is 29.9. The van der Waals surface area contributed by atoms with Gasteiger partial charge in [-0.15, -0.1) is 0 Å². The Balaban J connectivity index is 1.67. The van der Waals surface area contributed by atoms with Crippen molar-refractivity contribution in [2.75, 3.05) is 32.7 Å². The monoisotopic (exact) mass is 357 g/mol. The third kappa shape index (κ3) is 4.26. The number of carbonyl (C=O) groups excluding carboxylic acids is 2. The lowest BCUT2D eigenvalue weighted by Crippen LogP contribution is -2.50. The lowest BCUT2D eigenvalue weighted by Gasteiger charge is -2.37. The molecule has 0 radical (unpaired) electrons. The zero-order chi connectivity index (χ0) is 18.5. The third-order valence-corrected chi connectivity index (χ3v) is 5.58. The highest BCUT2D eigenvalue weighted by Gasteiger charge is 2.34. The maximum Gasteiger partial charge on any atom is 0.253 e. The molecule has 142 valence electrons. The Labute approximate surface area is 156 Å². The van der Waals surface area contributed by atoms with Crippen LogP contribution in [-0.2, 0) is 4.79 Å². The minimum absolute atomic E-state index is 0.0482. The van der Waals surface area contributed by atoms with E-state index in [2.05, 4.69) is 17.1 Å². The second-order valence-corrected chi connectivity index (χ2v) is 7.63. The van der Waals surface area contributed by atoms with Crippen molar-refractivity contribution in [2.45, 2.75) is 45.6 Å². The Kier molecular flexibility index (Phi) is 6.30. The SMILES string of the molecule is CCCN(C(=O)C1CCCN(C(=O)c2ccc(C)cc2)C1)C1CCNC1. The van der Waals surface area contributed by atoms with Gasteiger partial charge in [-0.3, -0.25) is 9.59 Å². The van der Waals surface area contributed by atoms with Crippen LogP contribution in [0.5, 0.6) is 0 Å². The maximum absolute atomic E-state index is 13.2. The lowest BCUT2D eigenvalue weighted by atomic mass is 9.95. The Morgan fingerprint density at radius 2 is 2.00 bits per heavy atom. The van der Waals surface area contributed by atoms with Crippen LogP contribution in [0.2, 0.25) is 0 Å². The fourth-order valence-electron chi connectivity index (χ4n) is 4.10. The predicted octanol–water partition coefficient (Wildman–Crippen LogP) is 2.45. The molecule has 1 aromatic carbocycles. The molecule has 1 N–H and O–H groups in total. The van der Waals surface area contributed by atoms with E-state index >= 15 is 0 Å². The normalized spacial score (nSPS) is 23.1. The van der Waals surface area contributed by atoms with E-state index in [1.54, 1.807) is 0 Å². The van der Waals surface area contributed by atoms with Gasteiger partial charge < -0.3 is 15.1 Å². The summed E-state index contributed by atoms with van der Waals surface area (Å²) in [5.74, 6) is 0.222. The van der Waals surface area contributed by atoms with Gasteiger partial charge >= 0.3 is 0 Å². The smallest absolute Gasteiger partial charge is 0.253 e. The van der Waals surface area contributed by atoms with E-state index in [0.29, 0.717) is 18.2 Å². The summed E-state index contributed by atoms with van der Waals surface area (Å²) >= 11 is 0. The van der Waals surface area contributed by atoms with Gasteiger partial charge in [0.15, 0.2) is 0 Å². The summed E-state index contributed by atoms with van der Waals surface area (Å²) in [6.45, 7) is 8.13. The third-order valence-electron chi connectivity index (χ3n) is 5.58. The first-order valence-corrected chi connectivity index (χ1v) is 9.97. The number of aryl methyl sites for hydroxylation is 1. The van der Waals surface area contributed by atoms with Crippen LogP contribution in [0.15, 0.2) is 24.3 Å². The van der Waals surface area contributed by atoms with Crippen LogP contribution in [0.1, 0.15) is 48.5 Å². The molecule has 2 aliphatic rings. The number of hydrogen-bond acceptors (Lipinski definition) is 3. The number of nitrogens with one attached hydrogen (secondary N) is 1. The summed E-state index contributed by atoms with van der Waals surface area (Å²) < 4.78 is 0. The molecule has 3 rings (SSSR count). The quantitative estimate of drug-likeness (QED) is 0.881. The average Bonchev–Trinajstić information content (AvgIpc) is 3.20. The van der Waals surface area contributed by atoms with Crippen molar-refractivity contribution in [1.82, 2.24) is 15.1 Å². The van der Waals surface area contributed by atoms with Gasteiger partial charge in [0, 0.05) is 37.8 Å². The van der Waals surface area contributed by atoms with Crippen LogP contribution in [0.25, 0.3) is 0 Å². The minimum atomic E-state index is -0.0645. The Hall–Kier alpha value is -1.88. The van der Waals surface area contributed by atoms with Crippen LogP contribution >= 0.6 is 0 Å². The summed E-state index contributed by atoms with van der Waals surface area (Å²) in [7, 11) is 0. The highest BCUT2D eigenvalue weighted by atomic mass is 16.2. The fraction of sp³-hybridized carbons (Fsp3) is 0.619. The molecule has 26 heavy (non-hydrogen) atoms. The molecule has 1 aromatic rings. The topological polar surface area (TPSA) is 52.7 Å². The molecule has 2 saturated heterocycles. The summed E-state index contributed by atoms with van der Waals surface area (Å²) in [6, 6.07) is 8.02. The number of hydrogen-bond donors (Lipinski definition) is 1. The number of nitrogens with zero attached hydrogens (tertiary/aromatic N) is 2. The fourth-order valence-corrected chi connectivity index (χ4v) is 4.10. The molecule has 0 bridgehead atoms. The number of carbonyl (C=O) groups is 2. The lowest BCUT2D eigenvalue weighted by molar-refractivity contribution is -0.139. The Morgan fingerprint density at radius 3 is 2.65 bits per heavy atom. The second-order valence-electron chi connectivity index (χ2n) is 7.63. The van der Waals surface area contributed by atoms with Crippen molar-refractivity contribution in [3.63, 3.8) is 0 Å². The van der Waals surface area contributed by atoms with E-state index in [1.165, 1.54) is 0 Å². The number of piperidine rings is 1. The van der Waals surface area contributed by atoms with Crippen molar-refractivity contribution in [3.8, 4) is 0 Å². The van der Waals surface area contributed by atoms with Crippen LogP contribution in [0.3, 0.4) is 0 Å². The van der Waals surface area contributed by atoms with Gasteiger partial charge in [-0.2, -0.15) is 0 Å². The van der Waals surface area contributed by atoms with E-state index in [9.17, 15) is 9.59 Å². The molecule has 2 aliphatic heterocycles. The van der Waals surface area contributed by atoms with Crippen molar-refractivity contribution < 1.29 is 9.59 Å². The molecule has 2 amide bonds. The van der Waals surface area contributed by atoms with Crippen LogP contribution in [-0.4, -0.2) is 60.4 Å². The van der Waals surface area contributed by atoms with Crippen molar-refractivity contribution in [1.29, 1.82) is 0 Å². The highest BCUT2D eigenvalue weighted by molar-refractivity contribution is 5.94. The Bertz CT molecular complexity index is 623. The molecule has 2 heterocycles. The largest absolute Gasteiger partial charge is 0.338 e. The van der Waals surface area contributed by atoms with Gasteiger partial charge in [0.05, 0.1) is 5.92 Å². The van der Waals surface area contributed by atoms with Gasteiger partial charge in [0.25, 0.3) is 5.91 Å². The molecule has 0 saturated carbocycles. The second kappa shape index (κ2) is 8.67. The summed E-state index contributed by atoms with van der Waals surface area (Å²) in [6.07, 6.45) is 3.79. The van der Waals surface area contributed by atoms with Crippen LogP contribution in [0.4, 0.5) is 0 Å². The molecule has 0 spiro atoms. The van der Waals surface area contributed by atoms with Crippen molar-refractivity contribution >= 4 is 11.8 Å². The molecular formula is C21H31N3O2. The number of amides is 2. The zero-order valence-corrected chi connectivity index (χ0v) is 16.0. The van der Waals surface area contributed by atoms with E-state index in [-0.39, 0.29) is 17.7 Å². The molecule has 5 nitrogen and oxygen atoms in total. The van der Waals surface area contributed by atoms with Gasteiger partial charge in [-0.1, -0.05) is 24.6 Å².